The van der Waals surface area contributed by atoms with Crippen LogP contribution < -0.4 is 19.1 Å². The van der Waals surface area contributed by atoms with Gasteiger partial charge in [0.2, 0.25) is 22.7 Å². The molecule has 0 unspecified atom stereocenters. The van der Waals surface area contributed by atoms with Gasteiger partial charge in [-0.1, -0.05) is 6.07 Å². The first-order chi connectivity index (χ1) is 12.3. The van der Waals surface area contributed by atoms with Crippen molar-refractivity contribution < 1.29 is 27.1 Å². The Labute approximate surface area is 150 Å². The summed E-state index contributed by atoms with van der Waals surface area (Å²) >= 11 is 0. The maximum absolute atomic E-state index is 13.4. The van der Waals surface area contributed by atoms with E-state index in [4.69, 9.17) is 9.47 Å². The fraction of sp³-hybridized carbons (Fsp3) is 0.235. The van der Waals surface area contributed by atoms with Crippen molar-refractivity contribution in [3.8, 4) is 11.5 Å². The number of amides is 1. The third-order valence-electron chi connectivity index (χ3n) is 3.69. The van der Waals surface area contributed by atoms with Gasteiger partial charge in [0, 0.05) is 24.7 Å². The Morgan fingerprint density at radius 1 is 1.19 bits per heavy atom. The van der Waals surface area contributed by atoms with E-state index in [1.165, 1.54) is 18.2 Å². The first-order valence-corrected chi connectivity index (χ1v) is 9.60. The third kappa shape index (κ3) is 4.23. The summed E-state index contributed by atoms with van der Waals surface area (Å²) in [6.45, 7) is 0.0162. The Bertz CT molecular complexity index is 933. The predicted molar refractivity (Wildman–Crippen MR) is 94.4 cm³/mol. The molecule has 0 radical (unpaired) electrons. The summed E-state index contributed by atoms with van der Waals surface area (Å²) in [4.78, 5) is 12.2. The maximum Gasteiger partial charge on any atom is 0.232 e. The van der Waals surface area contributed by atoms with E-state index in [2.05, 4.69) is 5.32 Å². The number of halogens is 1. The molecule has 0 spiro atoms. The van der Waals surface area contributed by atoms with E-state index >= 15 is 0 Å². The smallest absolute Gasteiger partial charge is 0.232 e. The van der Waals surface area contributed by atoms with Crippen LogP contribution in [0.3, 0.4) is 0 Å². The van der Waals surface area contributed by atoms with Gasteiger partial charge in [-0.2, -0.15) is 0 Å². The molecule has 0 aromatic heterocycles. The van der Waals surface area contributed by atoms with Crippen LogP contribution in [0.25, 0.3) is 0 Å². The molecule has 0 aliphatic carbocycles. The second-order valence-electron chi connectivity index (χ2n) is 5.68. The SMILES string of the molecule is CS(=O)(=O)N(CCC(=O)Nc1ccc2c(c1)OCO2)c1cccc(F)c1. The largest absolute Gasteiger partial charge is 0.454 e. The topological polar surface area (TPSA) is 84.9 Å². The average Bonchev–Trinajstić information content (AvgIpc) is 3.01. The van der Waals surface area contributed by atoms with Crippen LogP contribution in [0.1, 0.15) is 6.42 Å². The van der Waals surface area contributed by atoms with E-state index in [-0.39, 0.29) is 31.4 Å². The van der Waals surface area contributed by atoms with Gasteiger partial charge in [-0.15, -0.1) is 0 Å². The molecule has 1 aliphatic heterocycles. The van der Waals surface area contributed by atoms with Gasteiger partial charge in [0.05, 0.1) is 11.9 Å². The number of carbonyl (C=O) groups is 1. The summed E-state index contributed by atoms with van der Waals surface area (Å²) in [5.41, 5.74) is 0.680. The highest BCUT2D eigenvalue weighted by Gasteiger charge is 2.20. The summed E-state index contributed by atoms with van der Waals surface area (Å²) in [6, 6.07) is 10.2. The number of rotatable bonds is 6. The zero-order valence-electron chi connectivity index (χ0n) is 13.9. The van der Waals surface area contributed by atoms with E-state index < -0.39 is 15.8 Å². The Kier molecular flexibility index (Phi) is 4.99. The molecule has 2 aromatic carbocycles. The Morgan fingerprint density at radius 3 is 2.69 bits per heavy atom. The molecule has 2 aromatic rings. The number of fused-ring (bicyclic) bond motifs is 1. The summed E-state index contributed by atoms with van der Waals surface area (Å²) in [5.74, 6) is 0.188. The number of carbonyl (C=O) groups excluding carboxylic acids is 1. The molecule has 1 heterocycles. The Hall–Kier alpha value is -2.81. The molecule has 7 nitrogen and oxygen atoms in total. The number of hydrogen-bond acceptors (Lipinski definition) is 5. The molecular weight excluding hydrogens is 363 g/mol. The summed E-state index contributed by atoms with van der Waals surface area (Å²) < 4.78 is 48.8. The second kappa shape index (κ2) is 7.20. The molecule has 9 heteroatoms. The van der Waals surface area contributed by atoms with Crippen LogP contribution in [-0.2, 0) is 14.8 Å². The van der Waals surface area contributed by atoms with Crippen LogP contribution in [0.15, 0.2) is 42.5 Å². The molecule has 0 fully saturated rings. The second-order valence-corrected chi connectivity index (χ2v) is 7.59. The normalized spacial score (nSPS) is 12.7. The van der Waals surface area contributed by atoms with Gasteiger partial charge >= 0.3 is 0 Å². The summed E-state index contributed by atoms with van der Waals surface area (Å²) in [5, 5.41) is 2.67. The minimum Gasteiger partial charge on any atom is -0.454 e. The molecule has 0 saturated carbocycles. The Morgan fingerprint density at radius 2 is 1.96 bits per heavy atom. The minimum absolute atomic E-state index is 0.0992. The Balaban J connectivity index is 1.66. The average molecular weight is 380 g/mol. The van der Waals surface area contributed by atoms with Crippen LogP contribution in [0.2, 0.25) is 0 Å². The lowest BCUT2D eigenvalue weighted by Gasteiger charge is -2.22. The molecule has 1 amide bonds. The number of nitrogens with zero attached hydrogens (tertiary/aromatic N) is 1. The molecule has 138 valence electrons. The van der Waals surface area contributed by atoms with Gasteiger partial charge in [-0.25, -0.2) is 12.8 Å². The maximum atomic E-state index is 13.4. The van der Waals surface area contributed by atoms with Gasteiger partial charge in [0.15, 0.2) is 11.5 Å². The highest BCUT2D eigenvalue weighted by atomic mass is 32.2. The van der Waals surface area contributed by atoms with Crippen LogP contribution in [0.4, 0.5) is 15.8 Å². The van der Waals surface area contributed by atoms with Gasteiger partial charge in [-0.05, 0) is 30.3 Å². The van der Waals surface area contributed by atoms with Gasteiger partial charge < -0.3 is 14.8 Å². The molecular formula is C17H17FN2O5S. The molecule has 0 bridgehead atoms. The number of sulfonamides is 1. The molecule has 1 aliphatic rings. The molecule has 3 rings (SSSR count). The van der Waals surface area contributed by atoms with Crippen molar-refractivity contribution in [2.45, 2.75) is 6.42 Å². The number of hydrogen-bond donors (Lipinski definition) is 1. The van der Waals surface area contributed by atoms with Crippen LogP contribution in [-0.4, -0.2) is 33.9 Å². The molecule has 26 heavy (non-hydrogen) atoms. The molecule has 0 saturated heterocycles. The van der Waals surface area contributed by atoms with Crippen LogP contribution in [0, 0.1) is 5.82 Å². The molecule has 1 N–H and O–H groups in total. The highest BCUT2D eigenvalue weighted by Crippen LogP contribution is 2.34. The van der Waals surface area contributed by atoms with E-state index in [0.29, 0.717) is 17.2 Å². The monoisotopic (exact) mass is 380 g/mol. The van der Waals surface area contributed by atoms with Crippen LogP contribution in [0.5, 0.6) is 11.5 Å². The van der Waals surface area contributed by atoms with Crippen molar-refractivity contribution >= 4 is 27.3 Å². The number of ether oxygens (including phenoxy) is 2. The van der Waals surface area contributed by atoms with Crippen LogP contribution >= 0.6 is 0 Å². The fourth-order valence-electron chi connectivity index (χ4n) is 2.52. The molecule has 0 atom stereocenters. The van der Waals surface area contributed by atoms with Crippen molar-refractivity contribution in [3.63, 3.8) is 0 Å². The third-order valence-corrected chi connectivity index (χ3v) is 4.89. The van der Waals surface area contributed by atoms with Crippen molar-refractivity contribution in [3.05, 3.63) is 48.3 Å². The minimum atomic E-state index is -3.66. The fourth-order valence-corrected chi connectivity index (χ4v) is 3.44. The van der Waals surface area contributed by atoms with E-state index in [1.807, 2.05) is 0 Å². The zero-order chi connectivity index (χ0) is 18.7. The number of anilines is 2. The lowest BCUT2D eigenvalue weighted by atomic mass is 10.2. The summed E-state index contributed by atoms with van der Waals surface area (Å²) in [6.07, 6.45) is 0.908. The van der Waals surface area contributed by atoms with Gasteiger partial charge in [-0.3, -0.25) is 9.10 Å². The highest BCUT2D eigenvalue weighted by molar-refractivity contribution is 7.92. The van der Waals surface area contributed by atoms with Crippen molar-refractivity contribution in [2.75, 3.05) is 29.2 Å². The van der Waals surface area contributed by atoms with E-state index in [0.717, 1.165) is 16.6 Å². The summed E-state index contributed by atoms with van der Waals surface area (Å²) in [7, 11) is -3.66. The number of nitrogens with one attached hydrogen (secondary N) is 1. The van der Waals surface area contributed by atoms with Gasteiger partial charge in [0.25, 0.3) is 0 Å². The van der Waals surface area contributed by atoms with E-state index in [9.17, 15) is 17.6 Å². The first-order valence-electron chi connectivity index (χ1n) is 7.76. The number of benzene rings is 2. The van der Waals surface area contributed by atoms with Crippen molar-refractivity contribution in [2.24, 2.45) is 0 Å². The zero-order valence-corrected chi connectivity index (χ0v) is 14.8. The van der Waals surface area contributed by atoms with Crippen molar-refractivity contribution in [1.82, 2.24) is 0 Å². The van der Waals surface area contributed by atoms with Crippen molar-refractivity contribution in [1.29, 1.82) is 0 Å². The standard InChI is InChI=1S/C17H17FN2O5S/c1-26(22,23)20(14-4-2-3-12(18)9-14)8-7-17(21)19-13-5-6-15-16(10-13)25-11-24-15/h2-6,9-10H,7-8,11H2,1H3,(H,19,21). The first kappa shape index (κ1) is 18.0. The van der Waals surface area contributed by atoms with Gasteiger partial charge in [0.1, 0.15) is 5.82 Å². The lowest BCUT2D eigenvalue weighted by Crippen LogP contribution is -2.33. The quantitative estimate of drug-likeness (QED) is 0.832. The lowest BCUT2D eigenvalue weighted by molar-refractivity contribution is -0.116. The van der Waals surface area contributed by atoms with E-state index in [1.54, 1.807) is 18.2 Å². The predicted octanol–water partition coefficient (Wildman–Crippen LogP) is 2.35.